The molecule has 2 aliphatic heterocycles. The van der Waals surface area contributed by atoms with Gasteiger partial charge >= 0.3 is 0 Å². The summed E-state index contributed by atoms with van der Waals surface area (Å²) in [4.78, 5) is 16.2. The highest BCUT2D eigenvalue weighted by molar-refractivity contribution is 7.10. The summed E-state index contributed by atoms with van der Waals surface area (Å²) in [6, 6.07) is 0. The predicted octanol–water partition coefficient (Wildman–Crippen LogP) is 2.61. The minimum absolute atomic E-state index is 0.210. The highest BCUT2D eigenvalue weighted by atomic mass is 32.1. The summed E-state index contributed by atoms with van der Waals surface area (Å²) in [6.45, 7) is 2.85. The number of carbonyl (C=O) groups is 1. The third-order valence-electron chi connectivity index (χ3n) is 4.92. The lowest BCUT2D eigenvalue weighted by Gasteiger charge is -2.37. The Bertz CT molecular complexity index is 538. The maximum atomic E-state index is 12.8. The van der Waals surface area contributed by atoms with Crippen molar-refractivity contribution in [1.29, 1.82) is 0 Å². The Morgan fingerprint density at radius 1 is 1.14 bits per heavy atom. The largest absolute Gasteiger partial charge is 0.347 e. The average molecular weight is 307 g/mol. The second-order valence-electron chi connectivity index (χ2n) is 6.16. The van der Waals surface area contributed by atoms with Crippen LogP contribution in [0.15, 0.2) is 5.38 Å². The Balaban J connectivity index is 1.47. The standard InChI is InChI=1S/C16H21NO3S/c18-15(13-11-21-14-4-2-1-3-12(13)14)17-7-5-16(6-8-17)19-9-10-20-16/h11H,1-10H2. The molecule has 1 aliphatic carbocycles. The maximum absolute atomic E-state index is 12.8. The Morgan fingerprint density at radius 3 is 2.62 bits per heavy atom. The van der Waals surface area contributed by atoms with E-state index in [-0.39, 0.29) is 5.91 Å². The third-order valence-corrected chi connectivity index (χ3v) is 6.01. The van der Waals surface area contributed by atoms with Gasteiger partial charge in [-0.2, -0.15) is 0 Å². The lowest BCUT2D eigenvalue weighted by molar-refractivity contribution is -0.181. The average Bonchev–Trinajstić information content (AvgIpc) is 3.15. The fourth-order valence-electron chi connectivity index (χ4n) is 3.68. The fraction of sp³-hybridized carbons (Fsp3) is 0.688. The normalized spacial score (nSPS) is 24.3. The van der Waals surface area contributed by atoms with Gasteiger partial charge in [-0.25, -0.2) is 0 Å². The van der Waals surface area contributed by atoms with Crippen LogP contribution in [0, 0.1) is 0 Å². The van der Waals surface area contributed by atoms with Crippen molar-refractivity contribution in [2.24, 2.45) is 0 Å². The van der Waals surface area contributed by atoms with Gasteiger partial charge in [-0.05, 0) is 31.2 Å². The van der Waals surface area contributed by atoms with Crippen LogP contribution in [0.5, 0.6) is 0 Å². The van der Waals surface area contributed by atoms with E-state index in [1.165, 1.54) is 23.3 Å². The molecule has 1 aromatic rings. The van der Waals surface area contributed by atoms with E-state index >= 15 is 0 Å². The van der Waals surface area contributed by atoms with Gasteiger partial charge in [0.2, 0.25) is 0 Å². The molecule has 21 heavy (non-hydrogen) atoms. The summed E-state index contributed by atoms with van der Waals surface area (Å²) in [5, 5.41) is 2.07. The number of carbonyl (C=O) groups excluding carboxylic acids is 1. The Morgan fingerprint density at radius 2 is 1.86 bits per heavy atom. The number of fused-ring (bicyclic) bond motifs is 1. The van der Waals surface area contributed by atoms with E-state index in [4.69, 9.17) is 9.47 Å². The molecule has 0 unspecified atom stereocenters. The van der Waals surface area contributed by atoms with Crippen LogP contribution in [0.2, 0.25) is 0 Å². The molecule has 1 spiro atoms. The zero-order chi connectivity index (χ0) is 14.3. The molecule has 0 N–H and O–H groups in total. The van der Waals surface area contributed by atoms with Gasteiger partial charge in [0.05, 0.1) is 18.8 Å². The molecule has 0 aromatic carbocycles. The molecule has 0 bridgehead atoms. The molecule has 0 saturated carbocycles. The molecule has 1 aromatic heterocycles. The van der Waals surface area contributed by atoms with Crippen LogP contribution < -0.4 is 0 Å². The molecule has 0 atom stereocenters. The Kier molecular flexibility index (Phi) is 3.52. The summed E-state index contributed by atoms with van der Waals surface area (Å²) in [7, 11) is 0. The molecule has 1 amide bonds. The molecular formula is C16H21NO3S. The van der Waals surface area contributed by atoms with Crippen molar-refractivity contribution in [2.75, 3.05) is 26.3 Å². The van der Waals surface area contributed by atoms with Gasteiger partial charge in [0.15, 0.2) is 5.79 Å². The summed E-state index contributed by atoms with van der Waals surface area (Å²) >= 11 is 1.77. The van der Waals surface area contributed by atoms with Crippen LogP contribution in [0.4, 0.5) is 0 Å². The zero-order valence-corrected chi connectivity index (χ0v) is 13.0. The van der Waals surface area contributed by atoms with Crippen LogP contribution in [0.3, 0.4) is 0 Å². The van der Waals surface area contributed by atoms with Crippen molar-refractivity contribution < 1.29 is 14.3 Å². The monoisotopic (exact) mass is 307 g/mol. The summed E-state index contributed by atoms with van der Waals surface area (Å²) in [6.07, 6.45) is 6.30. The van der Waals surface area contributed by atoms with Crippen LogP contribution in [-0.2, 0) is 22.3 Å². The molecule has 114 valence electrons. The van der Waals surface area contributed by atoms with E-state index < -0.39 is 5.79 Å². The number of rotatable bonds is 1. The first-order valence-electron chi connectivity index (χ1n) is 7.94. The second-order valence-corrected chi connectivity index (χ2v) is 7.12. The first-order chi connectivity index (χ1) is 10.3. The van der Waals surface area contributed by atoms with E-state index in [9.17, 15) is 4.79 Å². The van der Waals surface area contributed by atoms with E-state index in [1.54, 1.807) is 11.3 Å². The van der Waals surface area contributed by atoms with Crippen molar-refractivity contribution in [3.05, 3.63) is 21.4 Å². The smallest absolute Gasteiger partial charge is 0.254 e. The maximum Gasteiger partial charge on any atom is 0.254 e. The summed E-state index contributed by atoms with van der Waals surface area (Å²) in [5.74, 6) is -0.188. The van der Waals surface area contributed by atoms with E-state index in [0.29, 0.717) is 13.2 Å². The number of piperidine rings is 1. The lowest BCUT2D eigenvalue weighted by Crippen LogP contribution is -2.47. The molecule has 0 radical (unpaired) electrons. The molecule has 4 rings (SSSR count). The quantitative estimate of drug-likeness (QED) is 0.800. The number of thiophene rings is 1. The van der Waals surface area contributed by atoms with Crippen molar-refractivity contribution in [2.45, 2.75) is 44.3 Å². The van der Waals surface area contributed by atoms with Crippen molar-refractivity contribution in [1.82, 2.24) is 4.90 Å². The highest BCUT2D eigenvalue weighted by Gasteiger charge is 2.41. The molecule has 2 saturated heterocycles. The van der Waals surface area contributed by atoms with Crippen molar-refractivity contribution in [3.63, 3.8) is 0 Å². The van der Waals surface area contributed by atoms with E-state index in [1.807, 2.05) is 4.90 Å². The van der Waals surface area contributed by atoms with Crippen LogP contribution >= 0.6 is 11.3 Å². The number of ether oxygens (including phenoxy) is 2. The number of hydrogen-bond donors (Lipinski definition) is 0. The SMILES string of the molecule is O=C(c1csc2c1CCCC2)N1CCC2(CC1)OCCO2. The molecule has 3 heterocycles. The predicted molar refractivity (Wildman–Crippen MR) is 80.7 cm³/mol. The first kappa shape index (κ1) is 13.7. The van der Waals surface area contributed by atoms with Gasteiger partial charge in [-0.15, -0.1) is 11.3 Å². The van der Waals surface area contributed by atoms with E-state index in [0.717, 1.165) is 44.3 Å². The Labute approximate surface area is 129 Å². The Hall–Kier alpha value is -0.910. The molecule has 2 fully saturated rings. The number of hydrogen-bond acceptors (Lipinski definition) is 4. The van der Waals surface area contributed by atoms with E-state index in [2.05, 4.69) is 5.38 Å². The minimum Gasteiger partial charge on any atom is -0.347 e. The third kappa shape index (κ3) is 2.41. The number of aryl methyl sites for hydroxylation is 1. The molecular weight excluding hydrogens is 286 g/mol. The van der Waals surface area contributed by atoms with Gasteiger partial charge < -0.3 is 14.4 Å². The van der Waals surface area contributed by atoms with Gasteiger partial charge in [0, 0.05) is 36.2 Å². The van der Waals surface area contributed by atoms with Gasteiger partial charge in [0.25, 0.3) is 5.91 Å². The minimum atomic E-state index is -0.398. The molecule has 4 nitrogen and oxygen atoms in total. The van der Waals surface area contributed by atoms with Crippen LogP contribution in [0.1, 0.15) is 46.5 Å². The number of likely N-dealkylation sites (tertiary alicyclic amines) is 1. The van der Waals surface area contributed by atoms with Crippen molar-refractivity contribution in [3.8, 4) is 0 Å². The van der Waals surface area contributed by atoms with Crippen LogP contribution in [-0.4, -0.2) is 42.9 Å². The zero-order valence-electron chi connectivity index (χ0n) is 12.2. The molecule has 3 aliphatic rings. The summed E-state index contributed by atoms with van der Waals surface area (Å²) in [5.41, 5.74) is 2.28. The van der Waals surface area contributed by atoms with Gasteiger partial charge in [-0.3, -0.25) is 4.79 Å². The fourth-order valence-corrected chi connectivity index (χ4v) is 4.80. The van der Waals surface area contributed by atoms with Crippen molar-refractivity contribution >= 4 is 17.2 Å². The van der Waals surface area contributed by atoms with Gasteiger partial charge in [-0.1, -0.05) is 0 Å². The summed E-state index contributed by atoms with van der Waals surface area (Å²) < 4.78 is 11.5. The lowest BCUT2D eigenvalue weighted by atomic mass is 9.95. The second kappa shape index (κ2) is 5.38. The molecule has 5 heteroatoms. The topological polar surface area (TPSA) is 38.8 Å². The van der Waals surface area contributed by atoms with Gasteiger partial charge in [0.1, 0.15) is 0 Å². The first-order valence-corrected chi connectivity index (χ1v) is 8.82. The highest BCUT2D eigenvalue weighted by Crippen LogP contribution is 2.34. The number of amides is 1. The number of nitrogens with zero attached hydrogens (tertiary/aromatic N) is 1. The van der Waals surface area contributed by atoms with Crippen LogP contribution in [0.25, 0.3) is 0 Å².